The van der Waals surface area contributed by atoms with Crippen LogP contribution in [0.3, 0.4) is 0 Å². The SMILES string of the molecule is CNC(Cc1cn(C)nn1)c1ccc(Cl)cc1Br. The topological polar surface area (TPSA) is 42.7 Å². The number of hydrogen-bond donors (Lipinski definition) is 1. The quantitative estimate of drug-likeness (QED) is 0.938. The maximum atomic E-state index is 5.95. The zero-order valence-electron chi connectivity index (χ0n) is 10.2. The molecule has 1 N–H and O–H groups in total. The van der Waals surface area contributed by atoms with Gasteiger partial charge in [0, 0.05) is 35.2 Å². The molecule has 1 aromatic carbocycles. The molecule has 6 heteroatoms. The number of nitrogens with one attached hydrogen (secondary N) is 1. The standard InChI is InChI=1S/C12H14BrClN4/c1-15-12(6-9-7-18(2)17-16-9)10-4-3-8(14)5-11(10)13/h3-5,7,12,15H,6H2,1-2H3. The first kappa shape index (κ1) is 13.5. The molecule has 0 bridgehead atoms. The Bertz CT molecular complexity index is 541. The van der Waals surface area contributed by atoms with Crippen LogP contribution in [0.1, 0.15) is 17.3 Å². The van der Waals surface area contributed by atoms with Crippen LogP contribution in [0.25, 0.3) is 0 Å². The van der Waals surface area contributed by atoms with Crippen LogP contribution < -0.4 is 5.32 Å². The van der Waals surface area contributed by atoms with Gasteiger partial charge in [-0.2, -0.15) is 0 Å². The first-order valence-electron chi connectivity index (χ1n) is 5.57. The Labute approximate surface area is 119 Å². The van der Waals surface area contributed by atoms with E-state index < -0.39 is 0 Å². The summed E-state index contributed by atoms with van der Waals surface area (Å²) < 4.78 is 2.71. The summed E-state index contributed by atoms with van der Waals surface area (Å²) in [7, 11) is 3.80. The van der Waals surface area contributed by atoms with Crippen LogP contribution in [0.15, 0.2) is 28.9 Å². The molecule has 1 heterocycles. The molecule has 0 saturated carbocycles. The minimum absolute atomic E-state index is 0.174. The van der Waals surface area contributed by atoms with Crippen molar-refractivity contribution in [1.29, 1.82) is 0 Å². The highest BCUT2D eigenvalue weighted by atomic mass is 79.9. The van der Waals surface area contributed by atoms with Crippen molar-refractivity contribution in [1.82, 2.24) is 20.3 Å². The zero-order chi connectivity index (χ0) is 13.1. The predicted molar refractivity (Wildman–Crippen MR) is 75.7 cm³/mol. The Morgan fingerprint density at radius 2 is 2.28 bits per heavy atom. The Hall–Kier alpha value is -0.910. The third kappa shape index (κ3) is 3.10. The van der Waals surface area contributed by atoms with E-state index in [1.807, 2.05) is 38.5 Å². The third-order valence-electron chi connectivity index (χ3n) is 2.75. The van der Waals surface area contributed by atoms with Crippen LogP contribution in [0.4, 0.5) is 0 Å². The smallest absolute Gasteiger partial charge is 0.0845 e. The van der Waals surface area contributed by atoms with E-state index in [-0.39, 0.29) is 6.04 Å². The molecule has 0 aliphatic heterocycles. The number of hydrogen-bond acceptors (Lipinski definition) is 3. The molecule has 96 valence electrons. The van der Waals surface area contributed by atoms with Crippen molar-refractivity contribution < 1.29 is 0 Å². The van der Waals surface area contributed by atoms with Crippen LogP contribution >= 0.6 is 27.5 Å². The lowest BCUT2D eigenvalue weighted by Gasteiger charge is -2.17. The fourth-order valence-corrected chi connectivity index (χ4v) is 2.81. The van der Waals surface area contributed by atoms with Gasteiger partial charge in [0.2, 0.25) is 0 Å². The minimum Gasteiger partial charge on any atom is -0.313 e. The molecule has 2 aromatic rings. The maximum absolute atomic E-state index is 5.95. The highest BCUT2D eigenvalue weighted by Gasteiger charge is 2.15. The van der Waals surface area contributed by atoms with E-state index in [1.54, 1.807) is 4.68 Å². The molecule has 4 nitrogen and oxygen atoms in total. The summed E-state index contributed by atoms with van der Waals surface area (Å²) in [6.45, 7) is 0. The molecule has 0 radical (unpaired) electrons. The first-order chi connectivity index (χ1) is 8.60. The first-order valence-corrected chi connectivity index (χ1v) is 6.74. The van der Waals surface area contributed by atoms with Gasteiger partial charge < -0.3 is 5.32 Å². The van der Waals surface area contributed by atoms with Gasteiger partial charge >= 0.3 is 0 Å². The Kier molecular flexibility index (Phi) is 4.37. The van der Waals surface area contributed by atoms with Gasteiger partial charge in [0.15, 0.2) is 0 Å². The molecule has 1 unspecified atom stereocenters. The van der Waals surface area contributed by atoms with E-state index >= 15 is 0 Å². The van der Waals surface area contributed by atoms with Crippen molar-refractivity contribution in [3.05, 3.63) is 45.1 Å². The van der Waals surface area contributed by atoms with Gasteiger partial charge in [0.25, 0.3) is 0 Å². The number of nitrogens with zero attached hydrogens (tertiary/aromatic N) is 3. The lowest BCUT2D eigenvalue weighted by Crippen LogP contribution is -2.19. The van der Waals surface area contributed by atoms with Crippen LogP contribution in [0.5, 0.6) is 0 Å². The van der Waals surface area contributed by atoms with E-state index in [1.165, 1.54) is 0 Å². The molecule has 0 fully saturated rings. The van der Waals surface area contributed by atoms with E-state index in [9.17, 15) is 0 Å². The molecule has 2 rings (SSSR count). The van der Waals surface area contributed by atoms with Crippen molar-refractivity contribution in [2.75, 3.05) is 7.05 Å². The average molecular weight is 330 g/mol. The Balaban J connectivity index is 2.22. The fraction of sp³-hybridized carbons (Fsp3) is 0.333. The predicted octanol–water partition coefficient (Wildman–Crippen LogP) is 2.73. The number of aromatic nitrogens is 3. The normalized spacial score (nSPS) is 12.7. The number of rotatable bonds is 4. The lowest BCUT2D eigenvalue weighted by atomic mass is 10.0. The molecular weight excluding hydrogens is 316 g/mol. The van der Waals surface area contributed by atoms with Crippen LogP contribution in [-0.4, -0.2) is 22.0 Å². The molecule has 18 heavy (non-hydrogen) atoms. The molecule has 0 aliphatic rings. The molecule has 0 spiro atoms. The summed E-state index contributed by atoms with van der Waals surface area (Å²) in [6.07, 6.45) is 2.71. The fourth-order valence-electron chi connectivity index (χ4n) is 1.85. The summed E-state index contributed by atoms with van der Waals surface area (Å²) >= 11 is 9.49. The number of halogens is 2. The Morgan fingerprint density at radius 3 is 2.83 bits per heavy atom. The van der Waals surface area contributed by atoms with Crippen molar-refractivity contribution >= 4 is 27.5 Å². The molecule has 0 amide bonds. The average Bonchev–Trinajstić information content (AvgIpc) is 2.72. The van der Waals surface area contributed by atoms with Gasteiger partial charge in [0.1, 0.15) is 0 Å². The van der Waals surface area contributed by atoms with Crippen molar-refractivity contribution in [3.63, 3.8) is 0 Å². The van der Waals surface area contributed by atoms with Gasteiger partial charge in [0.05, 0.1) is 5.69 Å². The molecule has 1 atom stereocenters. The van der Waals surface area contributed by atoms with E-state index in [4.69, 9.17) is 11.6 Å². The van der Waals surface area contributed by atoms with E-state index in [2.05, 4.69) is 31.6 Å². The summed E-state index contributed by atoms with van der Waals surface area (Å²) in [6, 6.07) is 5.98. The summed E-state index contributed by atoms with van der Waals surface area (Å²) in [5, 5.41) is 12.1. The van der Waals surface area contributed by atoms with Gasteiger partial charge in [-0.1, -0.05) is 38.8 Å². The van der Waals surface area contributed by atoms with Crippen molar-refractivity contribution in [2.24, 2.45) is 7.05 Å². The lowest BCUT2D eigenvalue weighted by molar-refractivity contribution is 0.581. The number of aryl methyl sites for hydroxylation is 1. The monoisotopic (exact) mass is 328 g/mol. The largest absolute Gasteiger partial charge is 0.313 e. The highest BCUT2D eigenvalue weighted by molar-refractivity contribution is 9.10. The van der Waals surface area contributed by atoms with Gasteiger partial charge in [-0.3, -0.25) is 4.68 Å². The summed E-state index contributed by atoms with van der Waals surface area (Å²) in [4.78, 5) is 0. The number of likely N-dealkylation sites (N-methyl/N-ethyl adjacent to an activating group) is 1. The van der Waals surface area contributed by atoms with Gasteiger partial charge in [-0.25, -0.2) is 0 Å². The second-order valence-electron chi connectivity index (χ2n) is 4.09. The minimum atomic E-state index is 0.174. The zero-order valence-corrected chi connectivity index (χ0v) is 12.5. The summed E-state index contributed by atoms with van der Waals surface area (Å²) in [5.41, 5.74) is 2.12. The van der Waals surface area contributed by atoms with E-state index in [0.29, 0.717) is 0 Å². The van der Waals surface area contributed by atoms with Crippen molar-refractivity contribution in [2.45, 2.75) is 12.5 Å². The second kappa shape index (κ2) is 5.82. The number of benzene rings is 1. The van der Waals surface area contributed by atoms with Crippen LogP contribution in [0.2, 0.25) is 5.02 Å². The summed E-state index contributed by atoms with van der Waals surface area (Å²) in [5.74, 6) is 0. The van der Waals surface area contributed by atoms with Gasteiger partial charge in [-0.05, 0) is 24.7 Å². The van der Waals surface area contributed by atoms with E-state index in [0.717, 1.165) is 27.2 Å². The molecule has 0 aliphatic carbocycles. The highest BCUT2D eigenvalue weighted by Crippen LogP contribution is 2.28. The second-order valence-corrected chi connectivity index (χ2v) is 5.39. The van der Waals surface area contributed by atoms with Crippen molar-refractivity contribution in [3.8, 4) is 0 Å². The maximum Gasteiger partial charge on any atom is 0.0845 e. The molecule has 0 saturated heterocycles. The third-order valence-corrected chi connectivity index (χ3v) is 3.67. The van der Waals surface area contributed by atoms with Crippen LogP contribution in [0, 0.1) is 0 Å². The molecule has 1 aromatic heterocycles. The van der Waals surface area contributed by atoms with Gasteiger partial charge in [-0.15, -0.1) is 5.10 Å². The Morgan fingerprint density at radius 1 is 1.50 bits per heavy atom. The van der Waals surface area contributed by atoms with Crippen LogP contribution in [-0.2, 0) is 13.5 Å². The molecular formula is C12H14BrClN4.